The summed E-state index contributed by atoms with van der Waals surface area (Å²) < 4.78 is 11.0. The van der Waals surface area contributed by atoms with Crippen molar-refractivity contribution in [1.82, 2.24) is 4.90 Å². The predicted molar refractivity (Wildman–Crippen MR) is 134 cm³/mol. The van der Waals surface area contributed by atoms with Gasteiger partial charge in [0.2, 0.25) is 0 Å². The first kappa shape index (κ1) is 23.5. The van der Waals surface area contributed by atoms with Gasteiger partial charge in [0.25, 0.3) is 11.7 Å². The number of phenolic OH excluding ortho intramolecular Hbond substituents is 1. The smallest absolute Gasteiger partial charge is 0.295 e. The van der Waals surface area contributed by atoms with Gasteiger partial charge in [0.15, 0.2) is 11.5 Å². The highest BCUT2D eigenvalue weighted by molar-refractivity contribution is 6.46. The first-order chi connectivity index (χ1) is 17.4. The molecule has 2 aliphatic rings. The van der Waals surface area contributed by atoms with Crippen LogP contribution in [0.25, 0.3) is 5.76 Å². The van der Waals surface area contributed by atoms with E-state index in [0.717, 1.165) is 16.9 Å². The number of ketones is 1. The molecule has 0 spiro atoms. The number of hydrogen-bond donors (Lipinski definition) is 2. The maximum absolute atomic E-state index is 13.3. The number of carbonyl (C=O) groups is 2. The van der Waals surface area contributed by atoms with E-state index in [-0.39, 0.29) is 35.5 Å². The number of carbonyl (C=O) groups excluding carboxylic acids is 2. The van der Waals surface area contributed by atoms with Crippen molar-refractivity contribution < 1.29 is 29.3 Å². The summed E-state index contributed by atoms with van der Waals surface area (Å²) in [6.45, 7) is 2.24. The Bertz CT molecular complexity index is 1360. The molecule has 7 nitrogen and oxygen atoms in total. The summed E-state index contributed by atoms with van der Waals surface area (Å²) >= 11 is 0. The monoisotopic (exact) mass is 485 g/mol. The normalized spacial score (nSPS) is 20.3. The fourth-order valence-corrected chi connectivity index (χ4v) is 4.94. The van der Waals surface area contributed by atoms with Crippen LogP contribution in [0.4, 0.5) is 0 Å². The van der Waals surface area contributed by atoms with Crippen molar-refractivity contribution in [3.63, 3.8) is 0 Å². The van der Waals surface area contributed by atoms with E-state index < -0.39 is 17.7 Å². The van der Waals surface area contributed by atoms with Crippen molar-refractivity contribution in [2.75, 3.05) is 13.7 Å². The third-order valence-corrected chi connectivity index (χ3v) is 6.71. The lowest BCUT2D eigenvalue weighted by molar-refractivity contribution is -0.139. The quantitative estimate of drug-likeness (QED) is 0.305. The molecular formula is C29H27NO6. The van der Waals surface area contributed by atoms with Crippen LogP contribution >= 0.6 is 0 Å². The van der Waals surface area contributed by atoms with Crippen LogP contribution < -0.4 is 9.47 Å². The molecule has 0 aromatic heterocycles. The van der Waals surface area contributed by atoms with Gasteiger partial charge in [0, 0.05) is 18.5 Å². The zero-order valence-electron chi connectivity index (χ0n) is 20.1. The van der Waals surface area contributed by atoms with Crippen LogP contribution in [0.5, 0.6) is 17.2 Å². The van der Waals surface area contributed by atoms with Crippen LogP contribution in [0.3, 0.4) is 0 Å². The summed E-state index contributed by atoms with van der Waals surface area (Å²) in [5.41, 5.74) is 2.97. The molecule has 3 aromatic carbocycles. The van der Waals surface area contributed by atoms with E-state index in [9.17, 15) is 19.8 Å². The number of hydrogen-bond acceptors (Lipinski definition) is 6. The fourth-order valence-electron chi connectivity index (χ4n) is 4.94. The second-order valence-electron chi connectivity index (χ2n) is 9.11. The van der Waals surface area contributed by atoms with Gasteiger partial charge in [-0.25, -0.2) is 0 Å². The summed E-state index contributed by atoms with van der Waals surface area (Å²) in [7, 11) is 1.43. The topological polar surface area (TPSA) is 96.3 Å². The number of methoxy groups -OCH3 is 1. The number of likely N-dealkylation sites (tertiary alicyclic amines) is 1. The summed E-state index contributed by atoms with van der Waals surface area (Å²) in [6, 6.07) is 18.8. The average molecular weight is 486 g/mol. The molecule has 2 aliphatic heterocycles. The van der Waals surface area contributed by atoms with E-state index in [1.165, 1.54) is 18.1 Å². The van der Waals surface area contributed by atoms with Crippen LogP contribution in [0.2, 0.25) is 0 Å². The zero-order valence-corrected chi connectivity index (χ0v) is 20.1. The minimum absolute atomic E-state index is 0.00715. The number of rotatable bonds is 6. The Hall–Kier alpha value is -4.26. The number of ether oxygens (including phenoxy) is 2. The van der Waals surface area contributed by atoms with E-state index >= 15 is 0 Å². The molecule has 0 aliphatic carbocycles. The van der Waals surface area contributed by atoms with Gasteiger partial charge < -0.3 is 24.6 Å². The van der Waals surface area contributed by atoms with Crippen molar-refractivity contribution >= 4 is 17.4 Å². The molecule has 2 heterocycles. The first-order valence-electron chi connectivity index (χ1n) is 11.9. The van der Waals surface area contributed by atoms with Crippen LogP contribution in [0.15, 0.2) is 72.3 Å². The number of aliphatic hydroxyl groups is 1. The number of phenols is 1. The lowest BCUT2D eigenvalue weighted by atomic mass is 9.94. The van der Waals surface area contributed by atoms with E-state index in [0.29, 0.717) is 24.0 Å². The molecule has 1 saturated heterocycles. The molecule has 0 bridgehead atoms. The second-order valence-corrected chi connectivity index (χ2v) is 9.11. The van der Waals surface area contributed by atoms with Crippen LogP contribution in [-0.4, -0.2) is 46.6 Å². The van der Waals surface area contributed by atoms with Gasteiger partial charge in [-0.1, -0.05) is 36.4 Å². The summed E-state index contributed by atoms with van der Waals surface area (Å²) in [6.07, 6.45) is 1.26. The molecular weight excluding hydrogens is 458 g/mol. The maximum Gasteiger partial charge on any atom is 0.295 e. The van der Waals surface area contributed by atoms with Gasteiger partial charge in [0.1, 0.15) is 17.6 Å². The number of aliphatic hydroxyl groups excluding tert-OH is 1. The Kier molecular flexibility index (Phi) is 6.14. The highest BCUT2D eigenvalue weighted by Crippen LogP contribution is 2.42. The van der Waals surface area contributed by atoms with Crippen molar-refractivity contribution in [2.45, 2.75) is 31.9 Å². The number of Topliss-reactive ketones (excluding diaryl/α,β-unsaturated/α-hetero) is 1. The van der Waals surface area contributed by atoms with Gasteiger partial charge in [0.05, 0.1) is 18.7 Å². The molecule has 0 radical (unpaired) electrons. The molecule has 184 valence electrons. The minimum Gasteiger partial charge on any atom is -0.507 e. The van der Waals surface area contributed by atoms with E-state index in [4.69, 9.17) is 9.47 Å². The average Bonchev–Trinajstić information content (AvgIpc) is 3.38. The molecule has 1 amide bonds. The predicted octanol–water partition coefficient (Wildman–Crippen LogP) is 4.39. The second kappa shape index (κ2) is 9.41. The number of aromatic hydroxyl groups is 1. The zero-order chi connectivity index (χ0) is 25.4. The molecule has 0 unspecified atom stereocenters. The highest BCUT2D eigenvalue weighted by Gasteiger charge is 2.46. The molecule has 36 heavy (non-hydrogen) atoms. The lowest BCUT2D eigenvalue weighted by Crippen LogP contribution is -2.31. The van der Waals surface area contributed by atoms with Crippen molar-refractivity contribution in [2.24, 2.45) is 0 Å². The first-order valence-corrected chi connectivity index (χ1v) is 11.9. The SMILES string of the molecule is COc1cc([C@H]2C(=C(O)c3ccc4c(c3)C[C@H](C)O4)C(=O)C(=O)N2CCc2ccccc2)ccc1O. The molecule has 2 atom stereocenters. The molecule has 5 rings (SSSR count). The Labute approximate surface area is 209 Å². The van der Waals surface area contributed by atoms with Crippen molar-refractivity contribution in [1.29, 1.82) is 0 Å². The Morgan fingerprint density at radius 1 is 1.08 bits per heavy atom. The third-order valence-electron chi connectivity index (χ3n) is 6.71. The van der Waals surface area contributed by atoms with Gasteiger partial charge in [-0.3, -0.25) is 9.59 Å². The highest BCUT2D eigenvalue weighted by atomic mass is 16.5. The molecule has 3 aromatic rings. The Morgan fingerprint density at radius 2 is 1.86 bits per heavy atom. The van der Waals surface area contributed by atoms with Crippen LogP contribution in [-0.2, 0) is 22.4 Å². The van der Waals surface area contributed by atoms with Crippen LogP contribution in [0, 0.1) is 0 Å². The minimum atomic E-state index is -0.841. The van der Waals surface area contributed by atoms with E-state index in [2.05, 4.69) is 0 Å². The molecule has 2 N–H and O–H groups in total. The third kappa shape index (κ3) is 4.17. The van der Waals surface area contributed by atoms with E-state index in [1.807, 2.05) is 37.3 Å². The lowest BCUT2D eigenvalue weighted by Gasteiger charge is -2.26. The summed E-state index contributed by atoms with van der Waals surface area (Å²) in [5.74, 6) is -0.762. The largest absolute Gasteiger partial charge is 0.507 e. The standard InChI is InChI=1S/C29H27NO6/c1-17-14-21-15-20(9-11-23(21)36-17)27(32)25-26(19-8-10-22(31)24(16-19)35-2)30(29(34)28(25)33)13-12-18-6-4-3-5-7-18/h3-11,15-17,26,31-32H,12-14H2,1-2H3/t17-,26-/m0/s1. The van der Waals surface area contributed by atoms with Gasteiger partial charge in [-0.05, 0) is 60.4 Å². The summed E-state index contributed by atoms with van der Waals surface area (Å²) in [4.78, 5) is 28.0. The van der Waals surface area contributed by atoms with Gasteiger partial charge >= 0.3 is 0 Å². The molecule has 0 saturated carbocycles. The van der Waals surface area contributed by atoms with Crippen molar-refractivity contribution in [3.8, 4) is 17.2 Å². The molecule has 1 fully saturated rings. The van der Waals surface area contributed by atoms with Gasteiger partial charge in [-0.2, -0.15) is 0 Å². The van der Waals surface area contributed by atoms with Crippen molar-refractivity contribution in [3.05, 3.63) is 94.6 Å². The number of benzene rings is 3. The van der Waals surface area contributed by atoms with Gasteiger partial charge in [-0.15, -0.1) is 0 Å². The maximum atomic E-state index is 13.3. The fraction of sp³-hybridized carbons (Fsp3) is 0.241. The molecule has 7 heteroatoms. The Morgan fingerprint density at radius 3 is 2.61 bits per heavy atom. The van der Waals surface area contributed by atoms with Crippen LogP contribution in [0.1, 0.15) is 35.2 Å². The summed E-state index contributed by atoms with van der Waals surface area (Å²) in [5, 5.41) is 21.5. The number of nitrogens with zero attached hydrogens (tertiary/aromatic N) is 1. The Balaban J connectivity index is 1.60. The number of amides is 1. The number of fused-ring (bicyclic) bond motifs is 1. The van der Waals surface area contributed by atoms with E-state index in [1.54, 1.807) is 30.3 Å².